The van der Waals surface area contributed by atoms with Crippen molar-refractivity contribution in [2.45, 2.75) is 32.8 Å². The van der Waals surface area contributed by atoms with E-state index in [0.29, 0.717) is 25.3 Å². The Morgan fingerprint density at radius 3 is 3.25 bits per heavy atom. The van der Waals surface area contributed by atoms with E-state index in [1.165, 1.54) is 0 Å². The second kappa shape index (κ2) is 5.90. The largest absolute Gasteiger partial charge is 0.471 e. The van der Waals surface area contributed by atoms with Crippen molar-refractivity contribution in [2.24, 2.45) is 0 Å². The third-order valence-electron chi connectivity index (χ3n) is 4.09. The predicted octanol–water partition coefficient (Wildman–Crippen LogP) is 2.85. The summed E-state index contributed by atoms with van der Waals surface area (Å²) in [4.78, 5) is 24.2. The maximum Gasteiger partial charge on any atom is 0.238 e. The number of thiazole rings is 1. The lowest BCUT2D eigenvalue weighted by molar-refractivity contribution is -0.119. The number of anilines is 1. The Kier molecular flexibility index (Phi) is 3.72. The molecule has 0 bridgehead atoms. The third-order valence-corrected chi connectivity index (χ3v) is 4.98. The average Bonchev–Trinajstić information content (AvgIpc) is 3.11. The van der Waals surface area contributed by atoms with Gasteiger partial charge in [-0.3, -0.25) is 9.20 Å². The monoisotopic (exact) mass is 342 g/mol. The number of carbonyl (C=O) groups is 1. The molecule has 0 aliphatic carbocycles. The van der Waals surface area contributed by atoms with Gasteiger partial charge in [0.15, 0.2) is 4.96 Å². The zero-order valence-electron chi connectivity index (χ0n) is 13.6. The van der Waals surface area contributed by atoms with Crippen LogP contribution in [0.25, 0.3) is 4.96 Å². The maximum atomic E-state index is 12.8. The number of rotatable bonds is 3. The number of hydrogen-bond donors (Lipinski definition) is 0. The number of fused-ring (bicyclic) bond motifs is 2. The lowest BCUT2D eigenvalue weighted by atomic mass is 10.2. The molecule has 0 unspecified atom stereocenters. The molecule has 0 saturated heterocycles. The number of amides is 1. The summed E-state index contributed by atoms with van der Waals surface area (Å²) < 4.78 is 7.78. The van der Waals surface area contributed by atoms with Gasteiger partial charge in [-0.25, -0.2) is 9.97 Å². The number of hydrogen-bond acceptors (Lipinski definition) is 5. The number of carbonyl (C=O) groups excluding carboxylic acids is 1. The fourth-order valence-electron chi connectivity index (χ4n) is 2.99. The summed E-state index contributed by atoms with van der Waals surface area (Å²) in [6.45, 7) is 4.49. The molecule has 3 aromatic heterocycles. The Balaban J connectivity index is 1.52. The van der Waals surface area contributed by atoms with Gasteiger partial charge in [-0.15, -0.1) is 11.3 Å². The van der Waals surface area contributed by atoms with Crippen LogP contribution >= 0.6 is 11.3 Å². The number of imidazole rings is 1. The van der Waals surface area contributed by atoms with Crippen molar-refractivity contribution >= 4 is 27.9 Å². The molecule has 0 fully saturated rings. The summed E-state index contributed by atoms with van der Waals surface area (Å²) in [6, 6.07) is 3.71. The van der Waals surface area contributed by atoms with Crippen molar-refractivity contribution in [3.05, 3.63) is 41.3 Å². The number of nitrogens with zero attached hydrogens (tertiary/aromatic N) is 4. The van der Waals surface area contributed by atoms with E-state index in [-0.39, 0.29) is 12.0 Å². The zero-order valence-corrected chi connectivity index (χ0v) is 14.4. The Morgan fingerprint density at radius 1 is 1.50 bits per heavy atom. The summed E-state index contributed by atoms with van der Waals surface area (Å²) in [5.41, 5.74) is 2.88. The van der Waals surface area contributed by atoms with Crippen LogP contribution in [-0.4, -0.2) is 32.9 Å². The summed E-state index contributed by atoms with van der Waals surface area (Å²) in [7, 11) is 0. The molecule has 7 heteroatoms. The van der Waals surface area contributed by atoms with Crippen LogP contribution in [0.2, 0.25) is 0 Å². The summed E-state index contributed by atoms with van der Waals surface area (Å²) in [5, 5.41) is 2.08. The van der Waals surface area contributed by atoms with Gasteiger partial charge in [0.2, 0.25) is 11.8 Å². The fourth-order valence-corrected chi connectivity index (χ4v) is 3.94. The lowest BCUT2D eigenvalue weighted by Gasteiger charge is -2.32. The summed E-state index contributed by atoms with van der Waals surface area (Å²) in [6.07, 6.45) is 4.78. The molecule has 6 nitrogen and oxygen atoms in total. The Labute approximate surface area is 143 Å². The van der Waals surface area contributed by atoms with E-state index in [1.54, 1.807) is 22.4 Å². The van der Waals surface area contributed by atoms with Gasteiger partial charge >= 0.3 is 0 Å². The number of ether oxygens (including phenoxy) is 1. The van der Waals surface area contributed by atoms with Gasteiger partial charge in [-0.05, 0) is 32.4 Å². The minimum atomic E-state index is -0.0551. The van der Waals surface area contributed by atoms with E-state index < -0.39 is 0 Å². The highest BCUT2D eigenvalue weighted by molar-refractivity contribution is 7.15. The maximum absolute atomic E-state index is 12.8. The van der Waals surface area contributed by atoms with Crippen molar-refractivity contribution in [3.63, 3.8) is 0 Å². The first-order chi connectivity index (χ1) is 11.6. The molecule has 0 spiro atoms. The highest BCUT2D eigenvalue weighted by Gasteiger charge is 2.28. The van der Waals surface area contributed by atoms with Gasteiger partial charge in [0.05, 0.1) is 12.2 Å². The first-order valence-electron chi connectivity index (χ1n) is 7.96. The smallest absolute Gasteiger partial charge is 0.238 e. The lowest BCUT2D eigenvalue weighted by Crippen LogP contribution is -2.42. The van der Waals surface area contributed by atoms with Crippen molar-refractivity contribution in [3.8, 4) is 5.88 Å². The first-order valence-corrected chi connectivity index (χ1v) is 8.84. The van der Waals surface area contributed by atoms with Gasteiger partial charge in [-0.2, -0.15) is 0 Å². The highest BCUT2D eigenvalue weighted by atomic mass is 32.1. The molecular formula is C17H18N4O2S. The predicted molar refractivity (Wildman–Crippen MR) is 92.8 cm³/mol. The van der Waals surface area contributed by atoms with Crippen molar-refractivity contribution in [1.29, 1.82) is 0 Å². The molecule has 124 valence electrons. The molecule has 24 heavy (non-hydrogen) atoms. The van der Waals surface area contributed by atoms with Crippen molar-refractivity contribution in [1.82, 2.24) is 14.4 Å². The van der Waals surface area contributed by atoms with Crippen LogP contribution in [0.15, 0.2) is 29.9 Å². The first kappa shape index (κ1) is 15.1. The van der Waals surface area contributed by atoms with E-state index in [2.05, 4.69) is 19.7 Å². The van der Waals surface area contributed by atoms with Crippen LogP contribution in [0.4, 0.5) is 5.69 Å². The Morgan fingerprint density at radius 2 is 2.38 bits per heavy atom. The molecule has 4 heterocycles. The van der Waals surface area contributed by atoms with Crippen LogP contribution in [-0.2, 0) is 11.2 Å². The van der Waals surface area contributed by atoms with Gasteiger partial charge in [0.1, 0.15) is 11.8 Å². The summed E-state index contributed by atoms with van der Waals surface area (Å²) >= 11 is 1.61. The molecule has 1 aliphatic rings. The molecular weight excluding hydrogens is 324 g/mol. The Hall–Kier alpha value is -2.41. The topological polar surface area (TPSA) is 59.7 Å². The molecule has 3 aromatic rings. The average molecular weight is 342 g/mol. The van der Waals surface area contributed by atoms with E-state index in [1.807, 2.05) is 32.2 Å². The molecule has 0 saturated carbocycles. The van der Waals surface area contributed by atoms with Crippen LogP contribution in [0, 0.1) is 6.92 Å². The van der Waals surface area contributed by atoms with Gasteiger partial charge < -0.3 is 9.64 Å². The van der Waals surface area contributed by atoms with Gasteiger partial charge in [0.25, 0.3) is 0 Å². The fraction of sp³-hybridized carbons (Fsp3) is 0.353. The molecule has 1 amide bonds. The zero-order chi connectivity index (χ0) is 16.7. The van der Waals surface area contributed by atoms with Crippen LogP contribution in [0.1, 0.15) is 24.7 Å². The molecule has 1 atom stereocenters. The molecule has 0 aromatic carbocycles. The molecule has 0 radical (unpaired) electrons. The SMILES string of the molecule is Cc1cn2c(CCC(=O)N3C[C@@H](C)Oc4ncccc43)csc2n1. The minimum absolute atomic E-state index is 0.0551. The number of aromatic nitrogens is 3. The van der Waals surface area contributed by atoms with E-state index in [4.69, 9.17) is 4.74 Å². The molecule has 1 aliphatic heterocycles. The third kappa shape index (κ3) is 2.65. The summed E-state index contributed by atoms with van der Waals surface area (Å²) in [5.74, 6) is 0.628. The second-order valence-electron chi connectivity index (χ2n) is 6.02. The number of pyridine rings is 1. The van der Waals surface area contributed by atoms with E-state index >= 15 is 0 Å². The van der Waals surface area contributed by atoms with Crippen LogP contribution < -0.4 is 9.64 Å². The minimum Gasteiger partial charge on any atom is -0.471 e. The highest BCUT2D eigenvalue weighted by Crippen LogP contribution is 2.31. The van der Waals surface area contributed by atoms with Crippen LogP contribution in [0.5, 0.6) is 5.88 Å². The van der Waals surface area contributed by atoms with E-state index in [9.17, 15) is 4.79 Å². The van der Waals surface area contributed by atoms with Gasteiger partial charge in [-0.1, -0.05) is 0 Å². The van der Waals surface area contributed by atoms with Crippen molar-refractivity contribution < 1.29 is 9.53 Å². The Bertz CT molecular complexity index is 901. The van der Waals surface area contributed by atoms with Gasteiger partial charge in [0, 0.05) is 29.9 Å². The van der Waals surface area contributed by atoms with Crippen LogP contribution in [0.3, 0.4) is 0 Å². The molecule has 0 N–H and O–H groups in total. The number of aryl methyl sites for hydroxylation is 2. The standard InChI is InChI=1S/C17H18N4O2S/c1-11-8-20-13(10-24-17(20)19-11)5-6-15(22)21-9-12(2)23-16-14(21)4-3-7-18-16/h3-4,7-8,10,12H,5-6,9H2,1-2H3/t12-/m1/s1. The second-order valence-corrected chi connectivity index (χ2v) is 6.86. The molecule has 4 rings (SSSR count). The normalized spacial score (nSPS) is 16.9. The quantitative estimate of drug-likeness (QED) is 0.734. The van der Waals surface area contributed by atoms with E-state index in [0.717, 1.165) is 22.0 Å². The van der Waals surface area contributed by atoms with Crippen molar-refractivity contribution in [2.75, 3.05) is 11.4 Å².